The zero-order valence-electron chi connectivity index (χ0n) is 10.9. The number of hydrogen-bond donors (Lipinski definition) is 1. The predicted octanol–water partition coefficient (Wildman–Crippen LogP) is 2.78. The highest BCUT2D eigenvalue weighted by Gasteiger charge is 2.11. The molecule has 1 N–H and O–H groups in total. The third-order valence-corrected chi connectivity index (χ3v) is 3.48. The summed E-state index contributed by atoms with van der Waals surface area (Å²) in [5.41, 5.74) is 1.87. The molecule has 0 aliphatic heterocycles. The van der Waals surface area contributed by atoms with Gasteiger partial charge in [0.2, 0.25) is 10.0 Å². The van der Waals surface area contributed by atoms with Crippen molar-refractivity contribution in [2.45, 2.75) is 0 Å². The highest BCUT2D eigenvalue weighted by atomic mass is 35.5. The summed E-state index contributed by atoms with van der Waals surface area (Å²) in [6.07, 6.45) is 4.35. The topological polar surface area (TPSA) is 68.3 Å². The molecule has 20 heavy (non-hydrogen) atoms. The van der Waals surface area contributed by atoms with Crippen LogP contribution in [0.25, 0.3) is 11.1 Å². The molecule has 1 aromatic heterocycles. The Kier molecular flexibility index (Phi) is 4.15. The van der Waals surface area contributed by atoms with Crippen molar-refractivity contribution in [1.82, 2.24) is 4.98 Å². The van der Waals surface area contributed by atoms with Crippen molar-refractivity contribution >= 4 is 27.3 Å². The monoisotopic (exact) mass is 312 g/mol. The molecule has 0 unspecified atom stereocenters. The second-order valence-corrected chi connectivity index (χ2v) is 6.30. The van der Waals surface area contributed by atoms with Gasteiger partial charge in [0.05, 0.1) is 18.4 Å². The molecule has 0 spiro atoms. The Morgan fingerprint density at radius 2 is 2.00 bits per heavy atom. The van der Waals surface area contributed by atoms with Crippen molar-refractivity contribution in [1.29, 1.82) is 0 Å². The first-order chi connectivity index (χ1) is 9.40. The van der Waals surface area contributed by atoms with Gasteiger partial charge in [-0.15, -0.1) is 0 Å². The molecule has 0 radical (unpaired) electrons. The molecule has 2 aromatic rings. The average molecular weight is 313 g/mol. The second kappa shape index (κ2) is 5.68. The molecule has 106 valence electrons. The lowest BCUT2D eigenvalue weighted by Crippen LogP contribution is -2.09. The van der Waals surface area contributed by atoms with Crippen LogP contribution in [-0.4, -0.2) is 26.8 Å². The molecule has 0 amide bonds. The minimum Gasteiger partial charge on any atom is -0.496 e. The molecule has 0 aliphatic carbocycles. The number of rotatable bonds is 4. The second-order valence-electron chi connectivity index (χ2n) is 4.14. The van der Waals surface area contributed by atoms with Gasteiger partial charge >= 0.3 is 0 Å². The molecular weight excluding hydrogens is 300 g/mol. The molecule has 0 atom stereocenters. The fourth-order valence-electron chi connectivity index (χ4n) is 1.77. The van der Waals surface area contributed by atoms with Gasteiger partial charge in [0.15, 0.2) is 0 Å². The van der Waals surface area contributed by atoms with E-state index in [9.17, 15) is 8.42 Å². The number of pyridine rings is 1. The zero-order valence-corrected chi connectivity index (χ0v) is 12.5. The van der Waals surface area contributed by atoms with Crippen molar-refractivity contribution in [3.63, 3.8) is 0 Å². The van der Waals surface area contributed by atoms with Crippen LogP contribution in [0.5, 0.6) is 5.75 Å². The summed E-state index contributed by atoms with van der Waals surface area (Å²) >= 11 is 6.20. The Labute approximate surface area is 122 Å². The van der Waals surface area contributed by atoms with E-state index in [0.717, 1.165) is 17.4 Å². The Bertz CT molecular complexity index is 732. The van der Waals surface area contributed by atoms with E-state index in [4.69, 9.17) is 16.3 Å². The van der Waals surface area contributed by atoms with Crippen molar-refractivity contribution < 1.29 is 13.2 Å². The Hall–Kier alpha value is -1.79. The Balaban J connectivity index is 2.44. The van der Waals surface area contributed by atoms with Crippen molar-refractivity contribution in [3.8, 4) is 16.9 Å². The largest absolute Gasteiger partial charge is 0.496 e. The number of methoxy groups -OCH3 is 1. The van der Waals surface area contributed by atoms with Crippen LogP contribution in [0, 0.1) is 0 Å². The van der Waals surface area contributed by atoms with Crippen LogP contribution in [0.3, 0.4) is 0 Å². The first-order valence-corrected chi connectivity index (χ1v) is 7.93. The lowest BCUT2D eigenvalue weighted by molar-refractivity contribution is 0.416. The van der Waals surface area contributed by atoms with Crippen LogP contribution >= 0.6 is 11.6 Å². The Morgan fingerprint density at radius 3 is 2.60 bits per heavy atom. The molecule has 7 heteroatoms. The Morgan fingerprint density at radius 1 is 1.25 bits per heavy atom. The summed E-state index contributed by atoms with van der Waals surface area (Å²) in [5, 5.41) is 0.407. The van der Waals surface area contributed by atoms with Gasteiger partial charge in [-0.2, -0.15) is 0 Å². The fraction of sp³-hybridized carbons (Fsp3) is 0.154. The summed E-state index contributed by atoms with van der Waals surface area (Å²) < 4.78 is 30.0. The maximum Gasteiger partial charge on any atom is 0.229 e. The van der Waals surface area contributed by atoms with Gasteiger partial charge < -0.3 is 4.74 Å². The first kappa shape index (κ1) is 14.6. The number of nitrogens with one attached hydrogen (secondary N) is 1. The quantitative estimate of drug-likeness (QED) is 0.942. The van der Waals surface area contributed by atoms with E-state index in [1.165, 1.54) is 0 Å². The third kappa shape index (κ3) is 3.40. The van der Waals surface area contributed by atoms with Crippen LogP contribution in [0.4, 0.5) is 5.69 Å². The number of halogens is 1. The molecule has 5 nitrogen and oxygen atoms in total. The molecule has 0 saturated carbocycles. The number of benzene rings is 1. The zero-order chi connectivity index (χ0) is 14.8. The molecular formula is C13H13ClN2O3S. The van der Waals surface area contributed by atoms with Gasteiger partial charge in [-0.1, -0.05) is 17.7 Å². The van der Waals surface area contributed by atoms with Crippen LogP contribution in [0.1, 0.15) is 0 Å². The van der Waals surface area contributed by atoms with Crippen molar-refractivity contribution in [2.75, 3.05) is 18.1 Å². The minimum absolute atomic E-state index is 0.407. The smallest absolute Gasteiger partial charge is 0.229 e. The van der Waals surface area contributed by atoms with E-state index in [1.807, 2.05) is 0 Å². The molecule has 0 aliphatic rings. The molecule has 0 fully saturated rings. The predicted molar refractivity (Wildman–Crippen MR) is 79.7 cm³/mol. The van der Waals surface area contributed by atoms with Gasteiger partial charge in [0.25, 0.3) is 0 Å². The molecule has 1 aromatic carbocycles. The lowest BCUT2D eigenvalue weighted by atomic mass is 10.1. The highest BCUT2D eigenvalue weighted by Crippen LogP contribution is 2.35. The van der Waals surface area contributed by atoms with Crippen molar-refractivity contribution in [3.05, 3.63) is 41.7 Å². The number of ether oxygens (including phenoxy) is 1. The summed E-state index contributed by atoms with van der Waals surface area (Å²) in [6, 6.07) is 6.63. The van der Waals surface area contributed by atoms with Gasteiger partial charge in [-0.25, -0.2) is 8.42 Å². The summed E-state index contributed by atoms with van der Waals surface area (Å²) in [4.78, 5) is 4.04. The van der Waals surface area contributed by atoms with E-state index in [1.54, 1.807) is 43.8 Å². The first-order valence-electron chi connectivity index (χ1n) is 5.66. The summed E-state index contributed by atoms with van der Waals surface area (Å²) in [5.74, 6) is 0.644. The standard InChI is InChI=1S/C13H13ClN2O3S/c1-19-13-5-6-15-8-11(13)10-4-3-9(7-12(10)14)16-20(2,17)18/h3-8,16H,1-2H3. The molecule has 0 bridgehead atoms. The number of hydrogen-bond acceptors (Lipinski definition) is 4. The minimum atomic E-state index is -3.33. The summed E-state index contributed by atoms with van der Waals surface area (Å²) in [7, 11) is -1.77. The molecule has 2 rings (SSSR count). The van der Waals surface area contributed by atoms with Crippen molar-refractivity contribution in [2.24, 2.45) is 0 Å². The molecule has 0 saturated heterocycles. The van der Waals surface area contributed by atoms with Crippen LogP contribution in [0.2, 0.25) is 5.02 Å². The number of aromatic nitrogens is 1. The van der Waals surface area contributed by atoms with E-state index in [2.05, 4.69) is 9.71 Å². The van der Waals surface area contributed by atoms with Gasteiger partial charge in [0.1, 0.15) is 5.75 Å². The maximum absolute atomic E-state index is 11.2. The number of sulfonamides is 1. The maximum atomic E-state index is 11.2. The van der Waals surface area contributed by atoms with Crippen LogP contribution in [0.15, 0.2) is 36.7 Å². The number of anilines is 1. The normalized spacial score (nSPS) is 11.2. The van der Waals surface area contributed by atoms with Gasteiger partial charge in [-0.3, -0.25) is 9.71 Å². The molecule has 1 heterocycles. The third-order valence-electron chi connectivity index (χ3n) is 2.56. The highest BCUT2D eigenvalue weighted by molar-refractivity contribution is 7.92. The van der Waals surface area contributed by atoms with E-state index < -0.39 is 10.0 Å². The fourth-order valence-corrected chi connectivity index (χ4v) is 2.61. The number of nitrogens with zero attached hydrogens (tertiary/aromatic N) is 1. The lowest BCUT2D eigenvalue weighted by Gasteiger charge is -2.11. The van der Waals surface area contributed by atoms with Crippen LogP contribution in [-0.2, 0) is 10.0 Å². The van der Waals surface area contributed by atoms with Gasteiger partial charge in [0, 0.05) is 29.2 Å². The van der Waals surface area contributed by atoms with Gasteiger partial charge in [-0.05, 0) is 18.2 Å². The van der Waals surface area contributed by atoms with E-state index in [-0.39, 0.29) is 0 Å². The SMILES string of the molecule is COc1ccncc1-c1ccc(NS(C)(=O)=O)cc1Cl. The average Bonchev–Trinajstić information content (AvgIpc) is 2.37. The van der Waals surface area contributed by atoms with E-state index >= 15 is 0 Å². The summed E-state index contributed by atoms with van der Waals surface area (Å²) in [6.45, 7) is 0. The van der Waals surface area contributed by atoms with Crippen LogP contribution < -0.4 is 9.46 Å². The van der Waals surface area contributed by atoms with E-state index in [0.29, 0.717) is 16.5 Å².